The summed E-state index contributed by atoms with van der Waals surface area (Å²) in [7, 11) is 1.51. The van der Waals surface area contributed by atoms with Crippen LogP contribution in [0, 0.1) is 0 Å². The second-order valence-electron chi connectivity index (χ2n) is 4.65. The van der Waals surface area contributed by atoms with Gasteiger partial charge in [-0.2, -0.15) is 0 Å². The number of ether oxygens (including phenoxy) is 1. The summed E-state index contributed by atoms with van der Waals surface area (Å²) < 4.78 is 5.32. The van der Waals surface area contributed by atoms with Crippen LogP contribution in [0.15, 0.2) is 48.8 Å². The first-order chi connectivity index (χ1) is 11.1. The van der Waals surface area contributed by atoms with E-state index >= 15 is 0 Å². The average Bonchev–Trinajstić information content (AvgIpc) is 2.57. The first-order valence-electron chi connectivity index (χ1n) is 6.88. The lowest BCUT2D eigenvalue weighted by atomic mass is 10.1. The lowest BCUT2D eigenvalue weighted by Crippen LogP contribution is -2.38. The number of halogens is 1. The molecule has 0 aliphatic heterocycles. The van der Waals surface area contributed by atoms with Crippen molar-refractivity contribution in [3.05, 3.63) is 59.4 Å². The van der Waals surface area contributed by atoms with E-state index < -0.39 is 17.9 Å². The van der Waals surface area contributed by atoms with E-state index in [1.807, 2.05) is 6.07 Å². The van der Waals surface area contributed by atoms with E-state index in [9.17, 15) is 9.59 Å². The first kappa shape index (κ1) is 16.9. The summed E-state index contributed by atoms with van der Waals surface area (Å²) >= 11 is 6.10. The molecule has 2 amide bonds. The van der Waals surface area contributed by atoms with E-state index in [2.05, 4.69) is 15.6 Å². The maximum atomic E-state index is 11.9. The van der Waals surface area contributed by atoms with Gasteiger partial charge in [0.05, 0.1) is 11.9 Å². The number of rotatable bonds is 5. The maximum absolute atomic E-state index is 11.9. The zero-order valence-electron chi connectivity index (χ0n) is 12.5. The monoisotopic (exact) mass is 333 g/mol. The van der Waals surface area contributed by atoms with E-state index in [0.29, 0.717) is 10.7 Å². The second-order valence-corrected chi connectivity index (χ2v) is 5.06. The molecule has 1 aromatic carbocycles. The van der Waals surface area contributed by atoms with Crippen molar-refractivity contribution in [1.29, 1.82) is 0 Å². The molecule has 2 aromatic rings. The number of hydrogen-bond acceptors (Lipinski definition) is 4. The number of carbonyl (C=O) groups excluding carboxylic acids is 2. The molecule has 6 nitrogen and oxygen atoms in total. The van der Waals surface area contributed by atoms with Crippen LogP contribution in [0.3, 0.4) is 0 Å². The van der Waals surface area contributed by atoms with E-state index in [1.54, 1.807) is 36.5 Å². The Balaban J connectivity index is 1.92. The minimum absolute atomic E-state index is 0.125. The van der Waals surface area contributed by atoms with Gasteiger partial charge in [0, 0.05) is 30.4 Å². The van der Waals surface area contributed by atoms with Gasteiger partial charge >= 0.3 is 11.8 Å². The third kappa shape index (κ3) is 4.77. The summed E-state index contributed by atoms with van der Waals surface area (Å²) in [6, 6.07) is 10.5. The summed E-state index contributed by atoms with van der Waals surface area (Å²) in [6.07, 6.45) is 2.58. The maximum Gasteiger partial charge on any atom is 0.313 e. The van der Waals surface area contributed by atoms with Crippen molar-refractivity contribution in [2.24, 2.45) is 0 Å². The van der Waals surface area contributed by atoms with Crippen molar-refractivity contribution >= 4 is 29.1 Å². The molecule has 1 heterocycles. The fourth-order valence-corrected chi connectivity index (χ4v) is 2.20. The van der Waals surface area contributed by atoms with Crippen molar-refractivity contribution in [2.45, 2.75) is 6.10 Å². The van der Waals surface area contributed by atoms with Crippen LogP contribution in [0.25, 0.3) is 0 Å². The van der Waals surface area contributed by atoms with Gasteiger partial charge in [0.25, 0.3) is 0 Å². The molecule has 0 saturated carbocycles. The van der Waals surface area contributed by atoms with Gasteiger partial charge in [-0.1, -0.05) is 29.8 Å². The molecule has 0 bridgehead atoms. The Morgan fingerprint density at radius 3 is 2.65 bits per heavy atom. The quantitative estimate of drug-likeness (QED) is 0.822. The number of benzene rings is 1. The van der Waals surface area contributed by atoms with Crippen molar-refractivity contribution in [2.75, 3.05) is 19.0 Å². The van der Waals surface area contributed by atoms with Crippen molar-refractivity contribution in [3.8, 4) is 0 Å². The summed E-state index contributed by atoms with van der Waals surface area (Å²) in [4.78, 5) is 27.5. The van der Waals surface area contributed by atoms with Crippen LogP contribution in [0.4, 0.5) is 5.69 Å². The van der Waals surface area contributed by atoms with Crippen LogP contribution in [0.5, 0.6) is 0 Å². The van der Waals surface area contributed by atoms with Gasteiger partial charge in [0.15, 0.2) is 0 Å². The Morgan fingerprint density at radius 1 is 1.22 bits per heavy atom. The minimum atomic E-state index is -0.771. The van der Waals surface area contributed by atoms with E-state index in [0.717, 1.165) is 5.56 Å². The smallest absolute Gasteiger partial charge is 0.313 e. The molecule has 1 unspecified atom stereocenters. The van der Waals surface area contributed by atoms with E-state index in [-0.39, 0.29) is 6.54 Å². The fourth-order valence-electron chi connectivity index (χ4n) is 1.95. The summed E-state index contributed by atoms with van der Waals surface area (Å²) in [5.41, 5.74) is 1.19. The highest BCUT2D eigenvalue weighted by molar-refractivity contribution is 6.39. The standard InChI is InChI=1S/C16H16ClN3O3/c1-23-14(12-6-2-3-7-13(12)17)10-19-15(21)16(22)20-11-5-4-8-18-9-11/h2-9,14H,10H2,1H3,(H,19,21)(H,20,22). The van der Waals surface area contributed by atoms with Crippen LogP contribution in [0.1, 0.15) is 11.7 Å². The Labute approximate surface area is 138 Å². The van der Waals surface area contributed by atoms with Crippen LogP contribution < -0.4 is 10.6 Å². The third-order valence-electron chi connectivity index (χ3n) is 3.11. The van der Waals surface area contributed by atoms with Gasteiger partial charge in [-0.3, -0.25) is 14.6 Å². The molecule has 23 heavy (non-hydrogen) atoms. The Kier molecular flexibility index (Phi) is 6.08. The minimum Gasteiger partial charge on any atom is -0.375 e. The molecule has 0 aliphatic carbocycles. The Hall–Kier alpha value is -2.44. The van der Waals surface area contributed by atoms with Gasteiger partial charge in [0.1, 0.15) is 6.10 Å². The highest BCUT2D eigenvalue weighted by Gasteiger charge is 2.18. The molecule has 2 N–H and O–H groups in total. The molecule has 120 valence electrons. The molecule has 0 spiro atoms. The molecule has 2 rings (SSSR count). The lowest BCUT2D eigenvalue weighted by molar-refractivity contribution is -0.136. The van der Waals surface area contributed by atoms with Gasteiger partial charge < -0.3 is 15.4 Å². The number of nitrogens with one attached hydrogen (secondary N) is 2. The highest BCUT2D eigenvalue weighted by atomic mass is 35.5. The number of carbonyl (C=O) groups is 2. The number of methoxy groups -OCH3 is 1. The number of hydrogen-bond donors (Lipinski definition) is 2. The third-order valence-corrected chi connectivity index (χ3v) is 3.45. The van der Waals surface area contributed by atoms with Crippen LogP contribution in [-0.2, 0) is 14.3 Å². The van der Waals surface area contributed by atoms with E-state index in [1.165, 1.54) is 13.3 Å². The van der Waals surface area contributed by atoms with Gasteiger partial charge in [-0.25, -0.2) is 0 Å². The van der Waals surface area contributed by atoms with Crippen LogP contribution >= 0.6 is 11.6 Å². The average molecular weight is 334 g/mol. The number of anilines is 1. The van der Waals surface area contributed by atoms with Crippen molar-refractivity contribution in [1.82, 2.24) is 10.3 Å². The zero-order chi connectivity index (χ0) is 16.7. The Bertz CT molecular complexity index is 679. The zero-order valence-corrected chi connectivity index (χ0v) is 13.2. The summed E-state index contributed by atoms with van der Waals surface area (Å²) in [5, 5.41) is 5.51. The molecule has 0 fully saturated rings. The first-order valence-corrected chi connectivity index (χ1v) is 7.26. The Morgan fingerprint density at radius 2 is 2.00 bits per heavy atom. The molecule has 1 atom stereocenters. The largest absolute Gasteiger partial charge is 0.375 e. The van der Waals surface area contributed by atoms with Gasteiger partial charge in [-0.15, -0.1) is 0 Å². The van der Waals surface area contributed by atoms with Crippen LogP contribution in [-0.4, -0.2) is 30.5 Å². The highest BCUT2D eigenvalue weighted by Crippen LogP contribution is 2.24. The predicted molar refractivity (Wildman–Crippen MR) is 87.1 cm³/mol. The molecule has 0 saturated heterocycles. The van der Waals surface area contributed by atoms with Gasteiger partial charge in [0.2, 0.25) is 0 Å². The normalized spacial score (nSPS) is 11.6. The molecule has 1 aromatic heterocycles. The number of amides is 2. The number of pyridine rings is 1. The number of nitrogens with zero attached hydrogens (tertiary/aromatic N) is 1. The van der Waals surface area contributed by atoms with Gasteiger partial charge in [-0.05, 0) is 18.2 Å². The molecule has 7 heteroatoms. The second kappa shape index (κ2) is 8.26. The predicted octanol–water partition coefficient (Wildman–Crippen LogP) is 2.18. The van der Waals surface area contributed by atoms with Crippen molar-refractivity contribution in [3.63, 3.8) is 0 Å². The fraction of sp³-hybridized carbons (Fsp3) is 0.188. The summed E-state index contributed by atoms with van der Waals surface area (Å²) in [6.45, 7) is 0.125. The topological polar surface area (TPSA) is 80.3 Å². The van der Waals surface area contributed by atoms with E-state index in [4.69, 9.17) is 16.3 Å². The lowest BCUT2D eigenvalue weighted by Gasteiger charge is -2.17. The summed E-state index contributed by atoms with van der Waals surface area (Å²) in [5.74, 6) is -1.53. The van der Waals surface area contributed by atoms with Crippen LogP contribution in [0.2, 0.25) is 5.02 Å². The number of aromatic nitrogens is 1. The molecular weight excluding hydrogens is 318 g/mol. The molecular formula is C16H16ClN3O3. The molecule has 0 aliphatic rings. The SMILES string of the molecule is COC(CNC(=O)C(=O)Nc1cccnc1)c1ccccc1Cl. The molecule has 0 radical (unpaired) electrons. The van der Waals surface area contributed by atoms with Crippen molar-refractivity contribution < 1.29 is 14.3 Å².